The summed E-state index contributed by atoms with van der Waals surface area (Å²) in [4.78, 5) is 0. The van der Waals surface area contributed by atoms with Crippen molar-refractivity contribution in [1.29, 1.82) is 0 Å². The van der Waals surface area contributed by atoms with Crippen LogP contribution in [0.15, 0.2) is 164 Å². The minimum absolute atomic E-state index is 0.136. The van der Waals surface area contributed by atoms with Crippen LogP contribution in [0.3, 0.4) is 0 Å². The molecule has 7 aromatic carbocycles. The van der Waals surface area contributed by atoms with Crippen LogP contribution < -0.4 is 0 Å². The number of aromatic nitrogens is 2. The molecule has 1 aliphatic carbocycles. The summed E-state index contributed by atoms with van der Waals surface area (Å²) in [7, 11) is 0. The summed E-state index contributed by atoms with van der Waals surface area (Å²) < 4.78 is 4.91. The number of hydrogen-bond donors (Lipinski definition) is 0. The van der Waals surface area contributed by atoms with Crippen molar-refractivity contribution in [3.63, 3.8) is 0 Å². The Hall–Kier alpha value is -5.86. The van der Waals surface area contributed by atoms with E-state index in [2.05, 4.69) is 173 Å². The number of hydrogen-bond acceptors (Lipinski definition) is 0. The second-order valence-electron chi connectivity index (χ2n) is 12.1. The maximum absolute atomic E-state index is 2.46. The lowest BCUT2D eigenvalue weighted by Crippen LogP contribution is -2.05. The molecule has 0 amide bonds. The molecule has 210 valence electrons. The van der Waals surface area contributed by atoms with Crippen molar-refractivity contribution >= 4 is 43.6 Å². The highest BCUT2D eigenvalue weighted by molar-refractivity contribution is 6.10. The molecule has 0 aliphatic heterocycles. The van der Waals surface area contributed by atoms with Crippen molar-refractivity contribution in [3.8, 4) is 22.5 Å². The number of benzene rings is 7. The molecule has 2 aromatic heterocycles. The monoisotopic (exact) mass is 572 g/mol. The van der Waals surface area contributed by atoms with Gasteiger partial charge in [-0.15, -0.1) is 0 Å². The number of para-hydroxylation sites is 4. The number of rotatable bonds is 3. The molecule has 9 aromatic rings. The molecule has 0 unspecified atom stereocenters. The molecule has 0 N–H and O–H groups in total. The highest BCUT2D eigenvalue weighted by atomic mass is 15.0. The summed E-state index contributed by atoms with van der Waals surface area (Å²) >= 11 is 0. The second kappa shape index (κ2) is 9.32. The lowest BCUT2D eigenvalue weighted by Gasteiger charge is -2.20. The van der Waals surface area contributed by atoms with Gasteiger partial charge in [-0.25, -0.2) is 0 Å². The Morgan fingerprint density at radius 3 is 1.07 bits per heavy atom. The lowest BCUT2D eigenvalue weighted by atomic mass is 9.88. The first-order valence-corrected chi connectivity index (χ1v) is 15.7. The minimum Gasteiger partial charge on any atom is -0.309 e. The van der Waals surface area contributed by atoms with Crippen LogP contribution in [-0.2, 0) is 0 Å². The van der Waals surface area contributed by atoms with Crippen LogP contribution in [0.4, 0.5) is 0 Å². The Morgan fingerprint density at radius 1 is 0.333 bits per heavy atom. The van der Waals surface area contributed by atoms with Crippen LogP contribution in [-0.4, -0.2) is 9.13 Å². The second-order valence-corrected chi connectivity index (χ2v) is 12.1. The Bertz CT molecular complexity index is 2330. The zero-order valence-corrected chi connectivity index (χ0v) is 24.6. The summed E-state index contributed by atoms with van der Waals surface area (Å²) in [6.45, 7) is 0. The van der Waals surface area contributed by atoms with Crippen molar-refractivity contribution in [2.45, 2.75) is 5.92 Å². The fraction of sp³-hybridized carbons (Fsp3) is 0.0233. The Kier molecular flexibility index (Phi) is 5.09. The molecule has 2 heteroatoms. The lowest BCUT2D eigenvalue weighted by molar-refractivity contribution is 0.997. The van der Waals surface area contributed by atoms with Gasteiger partial charge in [-0.2, -0.15) is 0 Å². The van der Waals surface area contributed by atoms with E-state index in [-0.39, 0.29) is 5.92 Å². The Morgan fingerprint density at radius 2 is 0.667 bits per heavy atom. The maximum Gasteiger partial charge on any atom is 0.0541 e. The third-order valence-corrected chi connectivity index (χ3v) is 9.77. The smallest absolute Gasteiger partial charge is 0.0541 e. The molecule has 0 saturated carbocycles. The van der Waals surface area contributed by atoms with E-state index in [4.69, 9.17) is 0 Å². The van der Waals surface area contributed by atoms with Crippen LogP contribution in [0.2, 0.25) is 0 Å². The van der Waals surface area contributed by atoms with Crippen LogP contribution in [0.1, 0.15) is 22.6 Å². The SMILES string of the molecule is c1ccc2c(c1)-c1ccccc1C2c1cc(-n2c3ccccc3c3ccccc32)cc(-n2c3ccccc3c3ccccc32)c1. The summed E-state index contributed by atoms with van der Waals surface area (Å²) in [5.41, 5.74) is 13.9. The molecule has 0 atom stereocenters. The summed E-state index contributed by atoms with van der Waals surface area (Å²) in [5, 5.41) is 5.09. The largest absolute Gasteiger partial charge is 0.309 e. The quantitative estimate of drug-likeness (QED) is 0.199. The maximum atomic E-state index is 2.46. The molecule has 0 radical (unpaired) electrons. The van der Waals surface area contributed by atoms with Crippen molar-refractivity contribution in [2.24, 2.45) is 0 Å². The first-order valence-electron chi connectivity index (χ1n) is 15.7. The third-order valence-electron chi connectivity index (χ3n) is 9.77. The topological polar surface area (TPSA) is 9.86 Å². The van der Waals surface area contributed by atoms with Gasteiger partial charge in [0.2, 0.25) is 0 Å². The standard InChI is InChI=1S/C43H28N2/c1-3-19-37-31(13-1)32-14-2-4-20-38(32)43(37)28-25-29(44-39-21-9-5-15-33(39)34-16-6-10-22-40(34)44)27-30(26-28)45-41-23-11-7-17-35(41)36-18-8-12-24-42(36)45/h1-27,43H. The van der Waals surface area contributed by atoms with Crippen LogP contribution in [0.25, 0.3) is 66.1 Å². The molecule has 0 spiro atoms. The molecule has 0 bridgehead atoms. The fourth-order valence-electron chi connectivity index (χ4n) is 7.96. The van der Waals surface area contributed by atoms with Crippen molar-refractivity contribution in [2.75, 3.05) is 0 Å². The van der Waals surface area contributed by atoms with Gasteiger partial charge in [-0.05, 0) is 70.3 Å². The van der Waals surface area contributed by atoms with E-state index >= 15 is 0 Å². The normalized spacial score (nSPS) is 12.8. The highest BCUT2D eigenvalue weighted by Crippen LogP contribution is 2.49. The predicted octanol–water partition coefficient (Wildman–Crippen LogP) is 11.0. The molecule has 2 heterocycles. The molecule has 0 fully saturated rings. The number of fused-ring (bicyclic) bond motifs is 9. The van der Waals surface area contributed by atoms with Crippen molar-refractivity contribution in [1.82, 2.24) is 9.13 Å². The first kappa shape index (κ1) is 24.6. The van der Waals surface area contributed by atoms with E-state index in [1.807, 2.05) is 0 Å². The average molecular weight is 573 g/mol. The van der Waals surface area contributed by atoms with Gasteiger partial charge in [0, 0.05) is 38.8 Å². The predicted molar refractivity (Wildman–Crippen MR) is 188 cm³/mol. The zero-order chi connectivity index (χ0) is 29.5. The third kappa shape index (κ3) is 3.45. The summed E-state index contributed by atoms with van der Waals surface area (Å²) in [5.74, 6) is 0.136. The fourth-order valence-corrected chi connectivity index (χ4v) is 7.96. The van der Waals surface area contributed by atoms with Crippen LogP contribution in [0, 0.1) is 0 Å². The van der Waals surface area contributed by atoms with Gasteiger partial charge < -0.3 is 9.13 Å². The first-order chi connectivity index (χ1) is 22.3. The van der Waals surface area contributed by atoms with Crippen LogP contribution >= 0.6 is 0 Å². The number of nitrogens with zero attached hydrogens (tertiary/aromatic N) is 2. The summed E-state index contributed by atoms with van der Waals surface area (Å²) in [6, 6.07) is 60.3. The molecule has 10 rings (SSSR count). The van der Waals surface area contributed by atoms with E-state index in [0.717, 1.165) is 0 Å². The van der Waals surface area contributed by atoms with E-state index in [9.17, 15) is 0 Å². The van der Waals surface area contributed by atoms with E-state index in [0.29, 0.717) is 0 Å². The Labute approximate surface area is 261 Å². The highest BCUT2D eigenvalue weighted by Gasteiger charge is 2.30. The van der Waals surface area contributed by atoms with Gasteiger partial charge in [0.1, 0.15) is 0 Å². The van der Waals surface area contributed by atoms with Crippen molar-refractivity contribution in [3.05, 3.63) is 180 Å². The van der Waals surface area contributed by atoms with E-state index in [1.54, 1.807) is 0 Å². The van der Waals surface area contributed by atoms with Crippen LogP contribution in [0.5, 0.6) is 0 Å². The van der Waals surface area contributed by atoms with Gasteiger partial charge >= 0.3 is 0 Å². The van der Waals surface area contributed by atoms with Gasteiger partial charge in [-0.3, -0.25) is 0 Å². The average Bonchev–Trinajstić information content (AvgIpc) is 3.74. The van der Waals surface area contributed by atoms with Crippen molar-refractivity contribution < 1.29 is 0 Å². The van der Waals surface area contributed by atoms with Gasteiger partial charge in [0.25, 0.3) is 0 Å². The molecular weight excluding hydrogens is 544 g/mol. The van der Waals surface area contributed by atoms with E-state index < -0.39 is 0 Å². The molecule has 1 aliphatic rings. The molecule has 2 nitrogen and oxygen atoms in total. The zero-order valence-electron chi connectivity index (χ0n) is 24.6. The molecular formula is C43H28N2. The van der Waals surface area contributed by atoms with Gasteiger partial charge in [-0.1, -0.05) is 121 Å². The molecule has 45 heavy (non-hydrogen) atoms. The van der Waals surface area contributed by atoms with Gasteiger partial charge in [0.15, 0.2) is 0 Å². The summed E-state index contributed by atoms with van der Waals surface area (Å²) in [6.07, 6.45) is 0. The van der Waals surface area contributed by atoms with Gasteiger partial charge in [0.05, 0.1) is 22.1 Å². The molecule has 0 saturated heterocycles. The Balaban J connectivity index is 1.34. The minimum atomic E-state index is 0.136. The van der Waals surface area contributed by atoms with E-state index in [1.165, 1.54) is 82.8 Å².